The minimum Gasteiger partial charge on any atom is -0.481 e. The molecule has 0 bridgehead atoms. The maximum Gasteiger partial charge on any atom is 0.317 e. The van der Waals surface area contributed by atoms with Crippen molar-refractivity contribution >= 4 is 47.6 Å². The third-order valence-corrected chi connectivity index (χ3v) is 11.6. The molecule has 2 fully saturated rings. The van der Waals surface area contributed by atoms with Gasteiger partial charge in [0.25, 0.3) is 0 Å². The Bertz CT molecular complexity index is 1500. The van der Waals surface area contributed by atoms with E-state index in [1.54, 1.807) is 24.5 Å². The molecular formula is C41H74N10O14. The minimum absolute atomic E-state index is 0.000572. The van der Waals surface area contributed by atoms with Gasteiger partial charge in [-0.2, -0.15) is 0 Å². The third-order valence-electron chi connectivity index (χ3n) is 11.6. The summed E-state index contributed by atoms with van der Waals surface area (Å²) in [5, 5.41) is 66.2. The zero-order valence-corrected chi connectivity index (χ0v) is 38.1. The molecule has 0 spiro atoms. The minimum atomic E-state index is -1.08. The SMILES string of the molecule is CCC(C)C(CCCCNC(=O)CN1CCNC(CC(=O)O)CN(CC(=O)O)CCN(CC(=O)O)CC1)NC(=O)CN1CCN(CC(=O)O)CCN(CC(=O)O)CCN(CC(=O)O)CC1. The van der Waals surface area contributed by atoms with Crippen LogP contribution in [0.25, 0.3) is 0 Å². The highest BCUT2D eigenvalue weighted by Gasteiger charge is 2.25. The zero-order valence-electron chi connectivity index (χ0n) is 38.1. The summed E-state index contributed by atoms with van der Waals surface area (Å²) in [6.07, 6.45) is 2.50. The van der Waals surface area contributed by atoms with Gasteiger partial charge in [0.1, 0.15) is 0 Å². The molecule has 2 aliphatic heterocycles. The molecule has 0 aromatic rings. The van der Waals surface area contributed by atoms with Crippen LogP contribution < -0.4 is 16.0 Å². The zero-order chi connectivity index (χ0) is 48.3. The summed E-state index contributed by atoms with van der Waals surface area (Å²) in [5.74, 6) is -6.64. The molecule has 65 heavy (non-hydrogen) atoms. The lowest BCUT2D eigenvalue weighted by Crippen LogP contribution is -2.51. The van der Waals surface area contributed by atoms with Crippen molar-refractivity contribution < 1.29 is 69.0 Å². The van der Waals surface area contributed by atoms with Gasteiger partial charge in [-0.15, -0.1) is 0 Å². The predicted molar refractivity (Wildman–Crippen MR) is 236 cm³/mol. The number of unbranched alkanes of at least 4 members (excludes halogenated alkanes) is 1. The highest BCUT2D eigenvalue weighted by atomic mass is 16.4. The first-order valence-corrected chi connectivity index (χ1v) is 22.5. The molecule has 0 aromatic heterocycles. The number of amides is 2. The average molecular weight is 931 g/mol. The molecular weight excluding hydrogens is 857 g/mol. The summed E-state index contributed by atoms with van der Waals surface area (Å²) >= 11 is 0. The van der Waals surface area contributed by atoms with Crippen LogP contribution in [0.3, 0.4) is 0 Å². The Morgan fingerprint density at radius 2 is 0.877 bits per heavy atom. The van der Waals surface area contributed by atoms with Gasteiger partial charge in [-0.3, -0.25) is 72.7 Å². The van der Waals surface area contributed by atoms with Gasteiger partial charge in [-0.05, 0) is 25.2 Å². The van der Waals surface area contributed by atoms with Crippen LogP contribution in [-0.4, -0.2) is 275 Å². The predicted octanol–water partition coefficient (Wildman–Crippen LogP) is -3.20. The fourth-order valence-corrected chi connectivity index (χ4v) is 7.87. The number of carboxylic acids is 6. The molecule has 3 unspecified atom stereocenters. The highest BCUT2D eigenvalue weighted by molar-refractivity contribution is 5.78. The molecule has 2 aliphatic rings. The van der Waals surface area contributed by atoms with Crippen molar-refractivity contribution in [3.8, 4) is 0 Å². The second kappa shape index (κ2) is 31.4. The van der Waals surface area contributed by atoms with E-state index in [0.717, 1.165) is 6.42 Å². The first-order chi connectivity index (χ1) is 30.8. The number of carbonyl (C=O) groups excluding carboxylic acids is 2. The first kappa shape index (κ1) is 56.6. The molecule has 0 radical (unpaired) electrons. The van der Waals surface area contributed by atoms with Gasteiger partial charge >= 0.3 is 35.8 Å². The van der Waals surface area contributed by atoms with Gasteiger partial charge in [-0.1, -0.05) is 20.3 Å². The normalized spacial score (nSPS) is 20.4. The van der Waals surface area contributed by atoms with Gasteiger partial charge in [0.2, 0.25) is 11.8 Å². The molecule has 24 heteroatoms. The first-order valence-electron chi connectivity index (χ1n) is 22.5. The monoisotopic (exact) mass is 931 g/mol. The average Bonchev–Trinajstić information content (AvgIpc) is 3.19. The Balaban J connectivity index is 2.00. The number of hydrogen-bond donors (Lipinski definition) is 9. The molecule has 0 saturated carbocycles. The molecule has 9 N–H and O–H groups in total. The molecule has 2 saturated heterocycles. The number of aliphatic carboxylic acids is 6. The summed E-state index contributed by atoms with van der Waals surface area (Å²) < 4.78 is 0. The van der Waals surface area contributed by atoms with Gasteiger partial charge in [0.05, 0.1) is 52.2 Å². The van der Waals surface area contributed by atoms with Crippen molar-refractivity contribution in [3.63, 3.8) is 0 Å². The fraction of sp³-hybridized carbons (Fsp3) is 0.805. The Hall–Kier alpha value is -4.56. The largest absolute Gasteiger partial charge is 0.481 e. The molecule has 3 atom stereocenters. The number of rotatable bonds is 24. The second-order valence-corrected chi connectivity index (χ2v) is 17.0. The highest BCUT2D eigenvalue weighted by Crippen LogP contribution is 2.14. The molecule has 2 amide bonds. The number of hydrogen-bond acceptors (Lipinski definition) is 16. The Kier molecular flexibility index (Phi) is 27.3. The summed E-state index contributed by atoms with van der Waals surface area (Å²) in [7, 11) is 0. The quantitative estimate of drug-likeness (QED) is 0.0431. The van der Waals surface area contributed by atoms with Crippen molar-refractivity contribution in [1.29, 1.82) is 0 Å². The molecule has 24 nitrogen and oxygen atoms in total. The van der Waals surface area contributed by atoms with Crippen LogP contribution in [0.2, 0.25) is 0 Å². The summed E-state index contributed by atoms with van der Waals surface area (Å²) in [6.45, 7) is 7.24. The van der Waals surface area contributed by atoms with Crippen molar-refractivity contribution in [2.24, 2.45) is 5.92 Å². The summed E-state index contributed by atoms with van der Waals surface area (Å²) in [5.41, 5.74) is 0. The van der Waals surface area contributed by atoms with E-state index in [1.165, 1.54) is 0 Å². The van der Waals surface area contributed by atoms with Gasteiger partial charge in [0, 0.05) is 117 Å². The van der Waals surface area contributed by atoms with E-state index in [9.17, 15) is 69.0 Å². The maximum absolute atomic E-state index is 13.6. The Morgan fingerprint density at radius 1 is 0.508 bits per heavy atom. The molecule has 2 heterocycles. The topological polar surface area (TPSA) is 317 Å². The van der Waals surface area contributed by atoms with Crippen molar-refractivity contribution in [2.75, 3.05) is 151 Å². The van der Waals surface area contributed by atoms with Crippen molar-refractivity contribution in [2.45, 2.75) is 58.0 Å². The van der Waals surface area contributed by atoms with E-state index in [1.807, 2.05) is 23.6 Å². The molecule has 0 aromatic carbocycles. The van der Waals surface area contributed by atoms with E-state index in [2.05, 4.69) is 16.0 Å². The smallest absolute Gasteiger partial charge is 0.317 e. The Morgan fingerprint density at radius 3 is 1.28 bits per heavy atom. The van der Waals surface area contributed by atoms with Crippen molar-refractivity contribution in [3.05, 3.63) is 0 Å². The van der Waals surface area contributed by atoms with E-state index in [4.69, 9.17) is 0 Å². The fourth-order valence-electron chi connectivity index (χ4n) is 7.87. The van der Waals surface area contributed by atoms with E-state index in [0.29, 0.717) is 78.2 Å². The number of carboxylic acid groups (broad SMARTS) is 6. The lowest BCUT2D eigenvalue weighted by Gasteiger charge is -2.33. The van der Waals surface area contributed by atoms with E-state index >= 15 is 0 Å². The van der Waals surface area contributed by atoms with E-state index < -0.39 is 41.9 Å². The number of nitrogens with one attached hydrogen (secondary N) is 3. The van der Waals surface area contributed by atoms with Gasteiger partial charge < -0.3 is 46.6 Å². The maximum atomic E-state index is 13.6. The Labute approximate surface area is 380 Å². The van der Waals surface area contributed by atoms with Gasteiger partial charge in [0.15, 0.2) is 0 Å². The summed E-state index contributed by atoms with van der Waals surface area (Å²) in [6, 6.07) is -0.747. The molecule has 0 aliphatic carbocycles. The van der Waals surface area contributed by atoms with Crippen LogP contribution in [0.1, 0.15) is 46.0 Å². The molecule has 2 rings (SSSR count). The van der Waals surface area contributed by atoms with Gasteiger partial charge in [-0.25, -0.2) is 0 Å². The van der Waals surface area contributed by atoms with E-state index in [-0.39, 0.29) is 122 Å². The van der Waals surface area contributed by atoms with Crippen molar-refractivity contribution in [1.82, 2.24) is 50.2 Å². The van der Waals surface area contributed by atoms with Crippen LogP contribution in [0.15, 0.2) is 0 Å². The van der Waals surface area contributed by atoms with Crippen LogP contribution in [-0.2, 0) is 38.4 Å². The van der Waals surface area contributed by atoms with Crippen LogP contribution >= 0.6 is 0 Å². The standard InChI is InChI=1S/C41H74N10O14/c1-3-31(2)33(44-35(53)25-46-11-14-47(26-37(56)57)16-18-49(28-39(60)61)19-17-48(15-12-46)27-38(58)59)6-4-5-7-43-34(52)24-45-9-8-42-32(22-36(54)55)23-51(30-41(64)65)21-20-50(13-10-45)29-40(62)63/h31-33,42H,3-30H2,1-2H3,(H,43,52)(H,44,53)(H,54,55)(H,56,57)(H,58,59)(H,60,61)(H,62,63)(H,64,65). The number of carbonyl (C=O) groups is 8. The van der Waals surface area contributed by atoms with Crippen LogP contribution in [0.4, 0.5) is 0 Å². The van der Waals surface area contributed by atoms with Crippen LogP contribution in [0, 0.1) is 5.92 Å². The third kappa shape index (κ3) is 26.9. The lowest BCUT2D eigenvalue weighted by atomic mass is 9.94. The lowest BCUT2D eigenvalue weighted by molar-refractivity contribution is -0.140. The summed E-state index contributed by atoms with van der Waals surface area (Å²) in [4.78, 5) is 108. The van der Waals surface area contributed by atoms with Crippen LogP contribution in [0.5, 0.6) is 0 Å². The molecule has 372 valence electrons. The second-order valence-electron chi connectivity index (χ2n) is 17.0. The number of nitrogens with zero attached hydrogens (tertiary/aromatic N) is 7.